The van der Waals surface area contributed by atoms with Crippen molar-refractivity contribution in [2.75, 3.05) is 0 Å². The van der Waals surface area contributed by atoms with Gasteiger partial charge >= 0.3 is 0 Å². The third-order valence-electron chi connectivity index (χ3n) is 0.838. The summed E-state index contributed by atoms with van der Waals surface area (Å²) in [5.41, 5.74) is 0. The zero-order chi connectivity index (χ0) is 7.11. The molecule has 9 heavy (non-hydrogen) atoms. The Labute approximate surface area is 55.0 Å². The molecule has 0 rings (SSSR count). The molecule has 0 fully saturated rings. The van der Waals surface area contributed by atoms with Gasteiger partial charge in [0.25, 0.3) is 0 Å². The van der Waals surface area contributed by atoms with Gasteiger partial charge in [0.2, 0.25) is 0 Å². The predicted octanol–water partition coefficient (Wildman–Crippen LogP) is 1.62. The quantitative estimate of drug-likeness (QED) is 0.520. The van der Waals surface area contributed by atoms with Crippen LogP contribution in [-0.2, 0) is 0 Å². The summed E-state index contributed by atoms with van der Waals surface area (Å²) in [7, 11) is 0. The Morgan fingerprint density at radius 3 is 2.67 bits per heavy atom. The van der Waals surface area contributed by atoms with E-state index in [9.17, 15) is 0 Å². The molecule has 0 radical (unpaired) electrons. The topological polar surface area (TPSA) is 47.6 Å². The molecule has 0 aliphatic heterocycles. The molecule has 0 aliphatic carbocycles. The van der Waals surface area contributed by atoms with E-state index < -0.39 is 0 Å². The van der Waals surface area contributed by atoms with Crippen LogP contribution < -0.4 is 0 Å². The molecule has 0 unspecified atom stereocenters. The van der Waals surface area contributed by atoms with Crippen LogP contribution in [0.5, 0.6) is 0 Å². The van der Waals surface area contributed by atoms with E-state index in [1.165, 1.54) is 0 Å². The number of nitrogens with zero attached hydrogens (tertiary/aromatic N) is 2. The monoisotopic (exact) mass is 120 g/mol. The maximum absolute atomic E-state index is 8.25. The molecule has 0 aromatic carbocycles. The van der Waals surface area contributed by atoms with E-state index in [1.807, 2.05) is 12.1 Å². The molecule has 0 aliphatic rings. The van der Waals surface area contributed by atoms with Crippen molar-refractivity contribution in [3.8, 4) is 12.1 Å². The molecule has 2 nitrogen and oxygen atoms in total. The van der Waals surface area contributed by atoms with Gasteiger partial charge in [-0.3, -0.25) is 0 Å². The molecule has 46 valence electrons. The van der Waals surface area contributed by atoms with Crippen molar-refractivity contribution in [1.82, 2.24) is 0 Å². The van der Waals surface area contributed by atoms with Crippen molar-refractivity contribution < 1.29 is 0 Å². The van der Waals surface area contributed by atoms with E-state index in [-0.39, 0.29) is 5.92 Å². The number of hydrogen-bond acceptors (Lipinski definition) is 2. The molecule has 0 amide bonds. The third-order valence-corrected chi connectivity index (χ3v) is 0.838. The van der Waals surface area contributed by atoms with E-state index in [4.69, 9.17) is 10.5 Å². The summed E-state index contributed by atoms with van der Waals surface area (Å²) < 4.78 is 0. The van der Waals surface area contributed by atoms with Crippen LogP contribution in [0.15, 0.2) is 12.2 Å². The number of allylic oxidation sites excluding steroid dienone is 2. The number of hydrogen-bond donors (Lipinski definition) is 0. The Bertz CT molecular complexity index is 168. The van der Waals surface area contributed by atoms with Crippen LogP contribution in [0.1, 0.15) is 13.3 Å². The van der Waals surface area contributed by atoms with Gasteiger partial charge in [-0.25, -0.2) is 0 Å². The molecule has 0 N–H and O–H groups in total. The molecule has 2 heteroatoms. The SMILES string of the molecule is C[C@H](C#N)/C=C\CC#N. The van der Waals surface area contributed by atoms with Crippen molar-refractivity contribution in [3.05, 3.63) is 12.2 Å². The zero-order valence-corrected chi connectivity index (χ0v) is 5.33. The number of rotatable bonds is 2. The highest BCUT2D eigenvalue weighted by molar-refractivity contribution is 5.00. The molecule has 0 saturated heterocycles. The predicted molar refractivity (Wildman–Crippen MR) is 34.1 cm³/mol. The lowest BCUT2D eigenvalue weighted by molar-refractivity contribution is 0.951. The van der Waals surface area contributed by atoms with Gasteiger partial charge in [-0.1, -0.05) is 12.2 Å². The summed E-state index contributed by atoms with van der Waals surface area (Å²) in [6.45, 7) is 1.79. The molecule has 1 atom stereocenters. The first-order valence-corrected chi connectivity index (χ1v) is 2.74. The smallest absolute Gasteiger partial charge is 0.0694 e. The summed E-state index contributed by atoms with van der Waals surface area (Å²) in [5, 5.41) is 16.3. The van der Waals surface area contributed by atoms with Crippen LogP contribution in [0.3, 0.4) is 0 Å². The first kappa shape index (κ1) is 7.72. The summed E-state index contributed by atoms with van der Waals surface area (Å²) in [6.07, 6.45) is 3.82. The normalized spacial score (nSPS) is 12.3. The lowest BCUT2D eigenvalue weighted by atomic mass is 10.2. The lowest BCUT2D eigenvalue weighted by Crippen LogP contribution is -1.79. The third kappa shape index (κ3) is 4.58. The van der Waals surface area contributed by atoms with Gasteiger partial charge in [-0.05, 0) is 6.92 Å². The lowest BCUT2D eigenvalue weighted by Gasteiger charge is -1.85. The first-order chi connectivity index (χ1) is 4.31. The van der Waals surface area contributed by atoms with Crippen LogP contribution in [0.25, 0.3) is 0 Å². The Hall–Kier alpha value is -1.28. The molecular formula is C7H8N2. The van der Waals surface area contributed by atoms with Crippen molar-refractivity contribution in [1.29, 1.82) is 10.5 Å². The average Bonchev–Trinajstić information content (AvgIpc) is 1.89. The fourth-order valence-corrected chi connectivity index (χ4v) is 0.368. The van der Waals surface area contributed by atoms with Crippen LogP contribution in [-0.4, -0.2) is 0 Å². The highest BCUT2D eigenvalue weighted by Gasteiger charge is 1.87. The van der Waals surface area contributed by atoms with Gasteiger partial charge in [0.15, 0.2) is 0 Å². The van der Waals surface area contributed by atoms with Crippen LogP contribution in [0, 0.1) is 28.6 Å². The van der Waals surface area contributed by atoms with Crippen LogP contribution in [0.2, 0.25) is 0 Å². The van der Waals surface area contributed by atoms with E-state index in [1.54, 1.807) is 19.1 Å². The fraction of sp³-hybridized carbons (Fsp3) is 0.429. The van der Waals surface area contributed by atoms with E-state index in [0.717, 1.165) is 0 Å². The van der Waals surface area contributed by atoms with Crippen molar-refractivity contribution in [2.24, 2.45) is 5.92 Å². The van der Waals surface area contributed by atoms with Crippen LogP contribution in [0.4, 0.5) is 0 Å². The molecule has 0 heterocycles. The Morgan fingerprint density at radius 2 is 2.22 bits per heavy atom. The van der Waals surface area contributed by atoms with Gasteiger partial charge in [0, 0.05) is 0 Å². The Kier molecular flexibility index (Phi) is 4.18. The second kappa shape index (κ2) is 4.87. The minimum absolute atomic E-state index is 0.0710. The highest BCUT2D eigenvalue weighted by atomic mass is 14.2. The summed E-state index contributed by atoms with van der Waals surface area (Å²) in [5.74, 6) is -0.0710. The van der Waals surface area contributed by atoms with Crippen molar-refractivity contribution >= 4 is 0 Å². The first-order valence-electron chi connectivity index (χ1n) is 2.74. The standard InChI is InChI=1S/C7H8N2/c1-7(6-9)4-2-3-5-8/h2,4,7H,3H2,1H3/b4-2-/t7-/m0/s1. The minimum Gasteiger partial charge on any atom is -0.198 e. The molecule has 0 aromatic heterocycles. The average molecular weight is 120 g/mol. The van der Waals surface area contributed by atoms with Crippen LogP contribution >= 0.6 is 0 Å². The van der Waals surface area contributed by atoms with E-state index in [0.29, 0.717) is 6.42 Å². The molecular weight excluding hydrogens is 112 g/mol. The maximum atomic E-state index is 8.25. The number of nitriles is 2. The minimum atomic E-state index is -0.0710. The summed E-state index contributed by atoms with van der Waals surface area (Å²) >= 11 is 0. The maximum Gasteiger partial charge on any atom is 0.0694 e. The van der Waals surface area contributed by atoms with E-state index >= 15 is 0 Å². The summed E-state index contributed by atoms with van der Waals surface area (Å²) in [4.78, 5) is 0. The molecule has 0 saturated carbocycles. The second-order valence-electron chi connectivity index (χ2n) is 1.71. The molecule has 0 bridgehead atoms. The van der Waals surface area contributed by atoms with Gasteiger partial charge in [-0.15, -0.1) is 0 Å². The Balaban J connectivity index is 3.50. The zero-order valence-electron chi connectivity index (χ0n) is 5.33. The fourth-order valence-electron chi connectivity index (χ4n) is 0.368. The molecule has 0 spiro atoms. The van der Waals surface area contributed by atoms with Gasteiger partial charge in [-0.2, -0.15) is 10.5 Å². The van der Waals surface area contributed by atoms with Crippen molar-refractivity contribution in [3.63, 3.8) is 0 Å². The second-order valence-corrected chi connectivity index (χ2v) is 1.71. The highest BCUT2D eigenvalue weighted by Crippen LogP contribution is 1.93. The van der Waals surface area contributed by atoms with Gasteiger partial charge < -0.3 is 0 Å². The Morgan fingerprint density at radius 1 is 1.56 bits per heavy atom. The molecule has 0 aromatic rings. The van der Waals surface area contributed by atoms with Gasteiger partial charge in [0.1, 0.15) is 0 Å². The largest absolute Gasteiger partial charge is 0.198 e. The van der Waals surface area contributed by atoms with E-state index in [2.05, 4.69) is 0 Å². The summed E-state index contributed by atoms with van der Waals surface area (Å²) in [6, 6.07) is 3.98. The van der Waals surface area contributed by atoms with Crippen molar-refractivity contribution in [2.45, 2.75) is 13.3 Å². The van der Waals surface area contributed by atoms with Gasteiger partial charge in [0.05, 0.1) is 24.5 Å².